The number of hydrogen-bond donors (Lipinski definition) is 2. The number of nitrogens with zero attached hydrogens (tertiary/aromatic N) is 2. The van der Waals surface area contributed by atoms with Gasteiger partial charge in [-0.2, -0.15) is 0 Å². The Balaban J connectivity index is 1.97. The first-order chi connectivity index (χ1) is 9.12. The van der Waals surface area contributed by atoms with E-state index in [0.29, 0.717) is 24.0 Å². The van der Waals surface area contributed by atoms with Crippen LogP contribution < -0.4 is 11.0 Å². The van der Waals surface area contributed by atoms with Crippen molar-refractivity contribution in [3.05, 3.63) is 28.8 Å². The highest BCUT2D eigenvalue weighted by Crippen LogP contribution is 2.47. The second-order valence-corrected chi connectivity index (χ2v) is 5.10. The highest BCUT2D eigenvalue weighted by atomic mass is 16.2. The number of fused-ring (bicyclic) bond motifs is 3. The van der Waals surface area contributed by atoms with Gasteiger partial charge in [0.2, 0.25) is 5.91 Å². The Morgan fingerprint density at radius 2 is 2.11 bits per heavy atom. The molecule has 3 fully saturated rings. The number of imide groups is 1. The number of hydrogen-bond acceptors (Lipinski definition) is 4. The molecule has 0 unspecified atom stereocenters. The van der Waals surface area contributed by atoms with Crippen molar-refractivity contribution in [2.24, 2.45) is 5.92 Å². The number of pyridine rings is 1. The summed E-state index contributed by atoms with van der Waals surface area (Å²) in [4.78, 5) is 42.5. The van der Waals surface area contributed by atoms with Crippen LogP contribution in [0.2, 0.25) is 0 Å². The lowest BCUT2D eigenvalue weighted by molar-refractivity contribution is -0.156. The minimum Gasteiger partial charge on any atom is -0.304 e. The fourth-order valence-electron chi connectivity index (χ4n) is 3.08. The molecular weight excluding hydrogens is 248 g/mol. The molecule has 2 saturated heterocycles. The van der Waals surface area contributed by atoms with Crippen molar-refractivity contribution in [1.29, 1.82) is 0 Å². The standard InChI is InChI=1S/C12H10N4O3/c17-9-6-4-12(5-6,10(18)15-9)16-8-7(14-11(16)19)2-1-3-13-8/h1-3,6H,4-5H2,(H,14,19)(H,15,17,18). The maximum Gasteiger partial charge on any atom is 0.328 e. The third-order valence-electron chi connectivity index (χ3n) is 4.07. The zero-order valence-electron chi connectivity index (χ0n) is 9.84. The molecule has 5 rings (SSSR count). The fourth-order valence-corrected chi connectivity index (χ4v) is 3.08. The average Bonchev–Trinajstić information content (AvgIpc) is 2.64. The van der Waals surface area contributed by atoms with E-state index < -0.39 is 11.4 Å². The number of amides is 2. The Bertz CT molecular complexity index is 782. The first-order valence-electron chi connectivity index (χ1n) is 6.03. The first kappa shape index (κ1) is 10.5. The highest BCUT2D eigenvalue weighted by Gasteiger charge is 2.60. The summed E-state index contributed by atoms with van der Waals surface area (Å²) in [5, 5.41) is 2.32. The van der Waals surface area contributed by atoms with Crippen LogP contribution in [0.3, 0.4) is 0 Å². The second kappa shape index (κ2) is 3.11. The van der Waals surface area contributed by atoms with Crippen LogP contribution in [-0.2, 0) is 15.1 Å². The normalized spacial score (nSPS) is 29.2. The van der Waals surface area contributed by atoms with Crippen LogP contribution in [-0.4, -0.2) is 26.3 Å². The van der Waals surface area contributed by atoms with Crippen LogP contribution in [0.5, 0.6) is 0 Å². The van der Waals surface area contributed by atoms with Crippen LogP contribution in [0.15, 0.2) is 23.1 Å². The Kier molecular flexibility index (Phi) is 1.72. The predicted octanol–water partition coefficient (Wildman–Crippen LogP) is -0.514. The molecule has 2 aliphatic heterocycles. The summed E-state index contributed by atoms with van der Waals surface area (Å²) in [5.74, 6) is -0.834. The maximum absolute atomic E-state index is 12.1. The van der Waals surface area contributed by atoms with E-state index in [2.05, 4.69) is 15.3 Å². The van der Waals surface area contributed by atoms with Gasteiger partial charge in [-0.05, 0) is 25.0 Å². The minimum atomic E-state index is -0.956. The maximum atomic E-state index is 12.1. The third-order valence-corrected chi connectivity index (χ3v) is 4.07. The topological polar surface area (TPSA) is 96.9 Å². The number of piperidine rings is 2. The van der Waals surface area contributed by atoms with Crippen LogP contribution >= 0.6 is 0 Å². The van der Waals surface area contributed by atoms with Crippen LogP contribution in [0, 0.1) is 5.92 Å². The molecule has 2 aromatic rings. The summed E-state index contributed by atoms with van der Waals surface area (Å²) >= 11 is 0. The summed E-state index contributed by atoms with van der Waals surface area (Å²) in [5.41, 5.74) is -0.274. The molecule has 2 amide bonds. The van der Waals surface area contributed by atoms with E-state index in [0.717, 1.165) is 0 Å². The molecular formula is C12H10N4O3. The molecule has 96 valence electrons. The van der Waals surface area contributed by atoms with Crippen molar-refractivity contribution >= 4 is 23.0 Å². The molecule has 7 nitrogen and oxygen atoms in total. The van der Waals surface area contributed by atoms with E-state index >= 15 is 0 Å². The molecule has 3 aliphatic rings. The van der Waals surface area contributed by atoms with E-state index in [1.54, 1.807) is 18.3 Å². The van der Waals surface area contributed by atoms with Crippen molar-refractivity contribution < 1.29 is 9.59 Å². The van der Waals surface area contributed by atoms with Gasteiger partial charge in [0.15, 0.2) is 5.65 Å². The number of aromatic amines is 1. The Hall–Kier alpha value is -2.44. The molecule has 1 saturated carbocycles. The van der Waals surface area contributed by atoms with Gasteiger partial charge in [0, 0.05) is 12.1 Å². The Morgan fingerprint density at radius 1 is 1.32 bits per heavy atom. The number of carbonyl (C=O) groups is 2. The lowest BCUT2D eigenvalue weighted by atomic mass is 9.64. The summed E-state index contributed by atoms with van der Waals surface area (Å²) in [6.45, 7) is 0. The number of aromatic nitrogens is 3. The Labute approximate surface area is 106 Å². The molecule has 0 spiro atoms. The van der Waals surface area contributed by atoms with Crippen LogP contribution in [0.25, 0.3) is 11.2 Å². The monoisotopic (exact) mass is 258 g/mol. The summed E-state index contributed by atoms with van der Waals surface area (Å²) in [6.07, 6.45) is 2.33. The molecule has 0 atom stereocenters. The first-order valence-corrected chi connectivity index (χ1v) is 6.03. The van der Waals surface area contributed by atoms with Crippen molar-refractivity contribution in [2.45, 2.75) is 18.4 Å². The van der Waals surface area contributed by atoms with Gasteiger partial charge in [0.25, 0.3) is 5.91 Å². The van der Waals surface area contributed by atoms with Crippen LogP contribution in [0.4, 0.5) is 0 Å². The van der Waals surface area contributed by atoms with Gasteiger partial charge in [-0.1, -0.05) is 0 Å². The molecule has 1 aliphatic carbocycles. The van der Waals surface area contributed by atoms with Gasteiger partial charge in [-0.25, -0.2) is 9.78 Å². The molecule has 19 heavy (non-hydrogen) atoms. The fraction of sp³-hybridized carbons (Fsp3) is 0.333. The molecule has 0 aromatic carbocycles. The molecule has 2 bridgehead atoms. The van der Waals surface area contributed by atoms with E-state index in [-0.39, 0.29) is 17.5 Å². The van der Waals surface area contributed by atoms with Gasteiger partial charge in [0.1, 0.15) is 5.54 Å². The van der Waals surface area contributed by atoms with Gasteiger partial charge in [0.05, 0.1) is 5.52 Å². The zero-order valence-corrected chi connectivity index (χ0v) is 9.84. The van der Waals surface area contributed by atoms with Gasteiger partial charge in [-0.3, -0.25) is 19.5 Å². The van der Waals surface area contributed by atoms with Crippen molar-refractivity contribution in [3.63, 3.8) is 0 Å². The largest absolute Gasteiger partial charge is 0.328 e. The van der Waals surface area contributed by atoms with E-state index in [4.69, 9.17) is 0 Å². The zero-order chi connectivity index (χ0) is 13.2. The Morgan fingerprint density at radius 3 is 2.84 bits per heavy atom. The van der Waals surface area contributed by atoms with Crippen LogP contribution in [0.1, 0.15) is 12.8 Å². The highest BCUT2D eigenvalue weighted by molar-refractivity contribution is 6.06. The third kappa shape index (κ3) is 1.12. The molecule has 0 radical (unpaired) electrons. The number of rotatable bonds is 1. The van der Waals surface area contributed by atoms with Gasteiger partial charge in [-0.15, -0.1) is 0 Å². The summed E-state index contributed by atoms with van der Waals surface area (Å²) in [7, 11) is 0. The van der Waals surface area contributed by atoms with Gasteiger partial charge >= 0.3 is 5.69 Å². The summed E-state index contributed by atoms with van der Waals surface area (Å²) < 4.78 is 1.39. The van der Waals surface area contributed by atoms with Crippen molar-refractivity contribution in [2.75, 3.05) is 0 Å². The van der Waals surface area contributed by atoms with Crippen molar-refractivity contribution in [1.82, 2.24) is 19.9 Å². The SMILES string of the molecule is O=C1NC(=O)C2(n3c(=O)[nH]c4cccnc43)CC1C2. The number of nitrogens with one attached hydrogen (secondary N) is 2. The smallest absolute Gasteiger partial charge is 0.304 e. The van der Waals surface area contributed by atoms with E-state index in [1.165, 1.54) is 4.57 Å². The number of imidazole rings is 1. The van der Waals surface area contributed by atoms with E-state index in [1.807, 2.05) is 0 Å². The van der Waals surface area contributed by atoms with Gasteiger partial charge < -0.3 is 4.98 Å². The van der Waals surface area contributed by atoms with E-state index in [9.17, 15) is 14.4 Å². The lowest BCUT2D eigenvalue weighted by Gasteiger charge is -2.49. The minimum absolute atomic E-state index is 0.182. The molecule has 4 heterocycles. The quantitative estimate of drug-likeness (QED) is 0.673. The number of carbonyl (C=O) groups excluding carboxylic acids is 2. The predicted molar refractivity (Wildman–Crippen MR) is 64.2 cm³/mol. The second-order valence-electron chi connectivity index (χ2n) is 5.10. The average molecular weight is 258 g/mol. The molecule has 2 N–H and O–H groups in total. The molecule has 7 heteroatoms. The van der Waals surface area contributed by atoms with Crippen molar-refractivity contribution in [3.8, 4) is 0 Å². The number of H-pyrrole nitrogens is 1. The summed E-state index contributed by atoms with van der Waals surface area (Å²) in [6, 6.07) is 3.45. The molecule has 2 aromatic heterocycles. The lowest BCUT2D eigenvalue weighted by Crippen LogP contribution is -2.68.